The van der Waals surface area contributed by atoms with Gasteiger partial charge >= 0.3 is 17.9 Å². The fourth-order valence-electron chi connectivity index (χ4n) is 1.87. The molecule has 0 unspecified atom stereocenters. The first kappa shape index (κ1) is 18.0. The minimum absolute atomic E-state index is 0.0600. The molecule has 0 N–H and O–H groups in total. The molecule has 0 aromatic rings. The van der Waals surface area contributed by atoms with E-state index in [0.717, 1.165) is 14.2 Å². The third kappa shape index (κ3) is 4.57. The van der Waals surface area contributed by atoms with Crippen LogP contribution in [-0.2, 0) is 28.6 Å². The summed E-state index contributed by atoms with van der Waals surface area (Å²) in [4.78, 5) is 35.3. The van der Waals surface area contributed by atoms with Crippen LogP contribution in [0.4, 0.5) is 0 Å². The van der Waals surface area contributed by atoms with Crippen molar-refractivity contribution in [2.45, 2.75) is 20.3 Å². The van der Waals surface area contributed by atoms with Crippen LogP contribution in [0.2, 0.25) is 0 Å². The molecule has 0 aliphatic rings. The normalized spacial score (nSPS) is 13.0. The second kappa shape index (κ2) is 8.97. The molecule has 6 heteroatoms. The van der Waals surface area contributed by atoms with E-state index in [2.05, 4.69) is 15.4 Å². The molecule has 0 aromatic carbocycles. The third-order valence-corrected chi connectivity index (χ3v) is 3.00. The summed E-state index contributed by atoms with van der Waals surface area (Å²) in [5, 5.41) is 0. The summed E-state index contributed by atoms with van der Waals surface area (Å²) in [6.07, 6.45) is 5.29. The van der Waals surface area contributed by atoms with Gasteiger partial charge in [-0.15, -0.1) is 12.3 Å². The Bertz CT molecular complexity index is 379. The highest BCUT2D eigenvalue weighted by Gasteiger charge is 2.41. The average molecular weight is 284 g/mol. The van der Waals surface area contributed by atoms with Gasteiger partial charge in [0.15, 0.2) is 5.92 Å². The topological polar surface area (TPSA) is 78.9 Å². The van der Waals surface area contributed by atoms with Crippen molar-refractivity contribution < 1.29 is 28.6 Å². The molecule has 0 aromatic heterocycles. The summed E-state index contributed by atoms with van der Waals surface area (Å²) < 4.78 is 14.1. The molecule has 0 saturated heterocycles. The Labute approximate surface area is 118 Å². The standard InChI is InChI=1S/C14H20O6/c1-6-8-10(12(15)20-7-2)9(3)11(13(16)18-4)14(17)19-5/h1,9-11H,7-8H2,2-5H3/t9-,10+/m1/s1. The van der Waals surface area contributed by atoms with Gasteiger partial charge in [-0.2, -0.15) is 0 Å². The summed E-state index contributed by atoms with van der Waals surface area (Å²) in [7, 11) is 2.32. The second-order valence-electron chi connectivity index (χ2n) is 4.15. The monoisotopic (exact) mass is 284 g/mol. The zero-order valence-corrected chi connectivity index (χ0v) is 12.2. The van der Waals surface area contributed by atoms with Gasteiger partial charge in [-0.05, 0) is 12.8 Å². The lowest BCUT2D eigenvalue weighted by atomic mass is 9.81. The van der Waals surface area contributed by atoms with Crippen LogP contribution < -0.4 is 0 Å². The van der Waals surface area contributed by atoms with Crippen LogP contribution in [-0.4, -0.2) is 38.7 Å². The average Bonchev–Trinajstić information content (AvgIpc) is 2.44. The minimum atomic E-state index is -1.22. The number of methoxy groups -OCH3 is 2. The van der Waals surface area contributed by atoms with Crippen LogP contribution in [0, 0.1) is 30.1 Å². The number of ether oxygens (including phenoxy) is 3. The van der Waals surface area contributed by atoms with Crippen LogP contribution >= 0.6 is 0 Å². The van der Waals surface area contributed by atoms with Crippen molar-refractivity contribution in [3.05, 3.63) is 0 Å². The number of hydrogen-bond acceptors (Lipinski definition) is 6. The largest absolute Gasteiger partial charge is 0.468 e. The summed E-state index contributed by atoms with van der Waals surface area (Å²) in [5.74, 6) is -2.41. The van der Waals surface area contributed by atoms with E-state index >= 15 is 0 Å². The molecule has 112 valence electrons. The molecule has 6 nitrogen and oxygen atoms in total. The maximum absolute atomic E-state index is 11.9. The van der Waals surface area contributed by atoms with Crippen molar-refractivity contribution in [2.24, 2.45) is 17.8 Å². The van der Waals surface area contributed by atoms with E-state index in [1.807, 2.05) is 0 Å². The predicted octanol–water partition coefficient (Wildman–Crippen LogP) is 0.787. The van der Waals surface area contributed by atoms with Gasteiger partial charge in [-0.3, -0.25) is 14.4 Å². The Balaban J connectivity index is 5.30. The molecule has 0 fully saturated rings. The van der Waals surface area contributed by atoms with Crippen LogP contribution in [0.5, 0.6) is 0 Å². The summed E-state index contributed by atoms with van der Waals surface area (Å²) in [6.45, 7) is 3.42. The van der Waals surface area contributed by atoms with Crippen LogP contribution in [0.3, 0.4) is 0 Å². The van der Waals surface area contributed by atoms with Crippen molar-refractivity contribution in [1.29, 1.82) is 0 Å². The van der Waals surface area contributed by atoms with Gasteiger partial charge in [0.2, 0.25) is 0 Å². The van der Waals surface area contributed by atoms with E-state index in [4.69, 9.17) is 11.2 Å². The second-order valence-corrected chi connectivity index (χ2v) is 4.15. The molecule has 2 atom stereocenters. The number of terminal acetylenes is 1. The van der Waals surface area contributed by atoms with Gasteiger partial charge in [0.1, 0.15) is 0 Å². The van der Waals surface area contributed by atoms with Crippen LogP contribution in [0.15, 0.2) is 0 Å². The number of hydrogen-bond donors (Lipinski definition) is 0. The lowest BCUT2D eigenvalue weighted by molar-refractivity contribution is -0.164. The molecule has 20 heavy (non-hydrogen) atoms. The Morgan fingerprint density at radius 1 is 1.10 bits per heavy atom. The lowest BCUT2D eigenvalue weighted by Gasteiger charge is -2.25. The molecule has 0 aliphatic heterocycles. The quantitative estimate of drug-likeness (QED) is 0.297. The zero-order valence-electron chi connectivity index (χ0n) is 12.2. The van der Waals surface area contributed by atoms with Gasteiger partial charge in [0.05, 0.1) is 26.7 Å². The fraction of sp³-hybridized carbons (Fsp3) is 0.643. The fourth-order valence-corrected chi connectivity index (χ4v) is 1.87. The SMILES string of the molecule is C#CC[C@H](C(=O)OCC)[C@@H](C)C(C(=O)OC)C(=O)OC. The van der Waals surface area contributed by atoms with E-state index in [0.29, 0.717) is 0 Å². The molecule has 0 bridgehead atoms. The van der Waals surface area contributed by atoms with Crippen LogP contribution in [0.1, 0.15) is 20.3 Å². The zero-order chi connectivity index (χ0) is 15.7. The highest BCUT2D eigenvalue weighted by atomic mass is 16.5. The minimum Gasteiger partial charge on any atom is -0.468 e. The summed E-state index contributed by atoms with van der Waals surface area (Å²) in [6, 6.07) is 0. The third-order valence-electron chi connectivity index (χ3n) is 3.00. The Hall–Kier alpha value is -2.03. The smallest absolute Gasteiger partial charge is 0.320 e. The Morgan fingerprint density at radius 3 is 1.95 bits per heavy atom. The number of carbonyl (C=O) groups excluding carboxylic acids is 3. The van der Waals surface area contributed by atoms with Crippen molar-refractivity contribution in [1.82, 2.24) is 0 Å². The van der Waals surface area contributed by atoms with E-state index in [1.54, 1.807) is 13.8 Å². The van der Waals surface area contributed by atoms with Gasteiger partial charge < -0.3 is 14.2 Å². The van der Waals surface area contributed by atoms with E-state index < -0.39 is 35.7 Å². The molecular weight excluding hydrogens is 264 g/mol. The molecule has 0 heterocycles. The molecule has 0 spiro atoms. The molecule has 0 amide bonds. The number of carbonyl (C=O) groups is 3. The van der Waals surface area contributed by atoms with Gasteiger partial charge in [0.25, 0.3) is 0 Å². The Kier molecular flexibility index (Phi) is 8.06. The molecule has 0 saturated carbocycles. The lowest BCUT2D eigenvalue weighted by Crippen LogP contribution is -2.38. The summed E-state index contributed by atoms with van der Waals surface area (Å²) in [5.41, 5.74) is 0. The van der Waals surface area contributed by atoms with Crippen LogP contribution in [0.25, 0.3) is 0 Å². The first-order valence-corrected chi connectivity index (χ1v) is 6.20. The van der Waals surface area contributed by atoms with E-state index in [-0.39, 0.29) is 13.0 Å². The first-order chi connectivity index (χ1) is 9.44. The molecular formula is C14H20O6. The first-order valence-electron chi connectivity index (χ1n) is 6.20. The Morgan fingerprint density at radius 2 is 1.60 bits per heavy atom. The van der Waals surface area contributed by atoms with Crippen molar-refractivity contribution >= 4 is 17.9 Å². The van der Waals surface area contributed by atoms with E-state index in [9.17, 15) is 14.4 Å². The van der Waals surface area contributed by atoms with E-state index in [1.165, 1.54) is 0 Å². The van der Waals surface area contributed by atoms with Crippen molar-refractivity contribution in [3.63, 3.8) is 0 Å². The number of rotatable bonds is 7. The molecule has 0 radical (unpaired) electrons. The molecule has 0 aliphatic carbocycles. The highest BCUT2D eigenvalue weighted by molar-refractivity contribution is 5.95. The van der Waals surface area contributed by atoms with Gasteiger partial charge in [-0.25, -0.2) is 0 Å². The molecule has 0 rings (SSSR count). The maximum atomic E-state index is 11.9. The van der Waals surface area contributed by atoms with Crippen molar-refractivity contribution in [2.75, 3.05) is 20.8 Å². The van der Waals surface area contributed by atoms with Gasteiger partial charge in [0, 0.05) is 6.42 Å². The summed E-state index contributed by atoms with van der Waals surface area (Å²) >= 11 is 0. The highest BCUT2D eigenvalue weighted by Crippen LogP contribution is 2.27. The van der Waals surface area contributed by atoms with Gasteiger partial charge in [-0.1, -0.05) is 6.92 Å². The predicted molar refractivity (Wildman–Crippen MR) is 70.3 cm³/mol. The maximum Gasteiger partial charge on any atom is 0.320 e. The van der Waals surface area contributed by atoms with Crippen molar-refractivity contribution in [3.8, 4) is 12.3 Å². The number of esters is 3.